The molecule has 1 saturated heterocycles. The minimum Gasteiger partial charge on any atom is -0.353 e. The molecule has 2 N–H and O–H groups in total. The van der Waals surface area contributed by atoms with Crippen LogP contribution in [0.25, 0.3) is 0 Å². The molecule has 7 heteroatoms. The molecule has 1 fully saturated rings. The van der Waals surface area contributed by atoms with Crippen LogP contribution in [0.5, 0.6) is 0 Å². The monoisotopic (exact) mass is 327 g/mol. The number of nitrogens with one attached hydrogen (secondary N) is 2. The number of nitro groups is 1. The van der Waals surface area contributed by atoms with Crippen LogP contribution in [0.4, 0.5) is 5.69 Å². The van der Waals surface area contributed by atoms with Crippen LogP contribution in [-0.2, 0) is 11.2 Å². The number of nitrogens with zero attached hydrogens (tertiary/aromatic N) is 1. The van der Waals surface area contributed by atoms with Crippen molar-refractivity contribution in [1.29, 1.82) is 0 Å². The van der Waals surface area contributed by atoms with Gasteiger partial charge >= 0.3 is 0 Å². The molecule has 0 aromatic heterocycles. The Morgan fingerprint density at radius 2 is 2.14 bits per heavy atom. The topological polar surface area (TPSA) is 84.3 Å². The molecule has 1 amide bonds. The molecule has 1 heterocycles. The van der Waals surface area contributed by atoms with Gasteiger partial charge in [0.2, 0.25) is 5.91 Å². The number of piperidine rings is 1. The van der Waals surface area contributed by atoms with Gasteiger partial charge in [0.1, 0.15) is 0 Å². The second-order valence-electron chi connectivity index (χ2n) is 5.56. The van der Waals surface area contributed by atoms with Crippen LogP contribution in [0.3, 0.4) is 0 Å². The number of carbonyl (C=O) groups excluding carboxylic acids is 1. The van der Waals surface area contributed by atoms with Crippen molar-refractivity contribution in [2.45, 2.75) is 32.2 Å². The molecule has 0 radical (unpaired) electrons. The lowest BCUT2D eigenvalue weighted by atomic mass is 9.92. The van der Waals surface area contributed by atoms with Crippen LogP contribution in [-0.4, -0.2) is 30.0 Å². The van der Waals surface area contributed by atoms with Gasteiger partial charge in [-0.05, 0) is 44.3 Å². The lowest BCUT2D eigenvalue weighted by molar-refractivity contribution is -0.384. The zero-order chi connectivity index (χ0) is 15.2. The van der Waals surface area contributed by atoms with Crippen molar-refractivity contribution in [3.05, 3.63) is 39.9 Å². The van der Waals surface area contributed by atoms with E-state index in [4.69, 9.17) is 0 Å². The SMILES string of the molecule is CC(NC(=O)Cc1ccc([N+](=O)[O-])cc1)C1CCCNC1.Cl. The molecule has 1 aliphatic rings. The molecule has 0 bridgehead atoms. The van der Waals surface area contributed by atoms with E-state index in [-0.39, 0.29) is 36.5 Å². The van der Waals surface area contributed by atoms with E-state index < -0.39 is 4.92 Å². The fraction of sp³-hybridized carbons (Fsp3) is 0.533. The number of non-ortho nitro benzene ring substituents is 1. The average molecular weight is 328 g/mol. The normalized spacial score (nSPS) is 18.9. The molecule has 2 unspecified atom stereocenters. The zero-order valence-electron chi connectivity index (χ0n) is 12.6. The van der Waals surface area contributed by atoms with Crippen molar-refractivity contribution in [3.63, 3.8) is 0 Å². The average Bonchev–Trinajstić information content (AvgIpc) is 2.48. The van der Waals surface area contributed by atoms with Gasteiger partial charge in [-0.1, -0.05) is 12.1 Å². The third-order valence-corrected chi connectivity index (χ3v) is 3.94. The Labute approximate surface area is 136 Å². The summed E-state index contributed by atoms with van der Waals surface area (Å²) in [6.07, 6.45) is 2.53. The van der Waals surface area contributed by atoms with E-state index in [9.17, 15) is 14.9 Å². The lowest BCUT2D eigenvalue weighted by Gasteiger charge is -2.28. The Kier molecular flexibility index (Phi) is 7.27. The molecule has 2 rings (SSSR count). The fourth-order valence-electron chi connectivity index (χ4n) is 2.65. The maximum absolute atomic E-state index is 12.0. The van der Waals surface area contributed by atoms with Gasteiger partial charge in [0, 0.05) is 18.2 Å². The van der Waals surface area contributed by atoms with Gasteiger partial charge in [0.05, 0.1) is 11.3 Å². The molecule has 122 valence electrons. The third kappa shape index (κ3) is 5.27. The summed E-state index contributed by atoms with van der Waals surface area (Å²) in [6.45, 7) is 4.03. The summed E-state index contributed by atoms with van der Waals surface area (Å²) >= 11 is 0. The van der Waals surface area contributed by atoms with Crippen LogP contribution < -0.4 is 10.6 Å². The molecule has 1 aromatic rings. The summed E-state index contributed by atoms with van der Waals surface area (Å²) in [5.74, 6) is 0.432. The first-order valence-corrected chi connectivity index (χ1v) is 7.29. The lowest BCUT2D eigenvalue weighted by Crippen LogP contribution is -2.45. The maximum atomic E-state index is 12.0. The number of hydrogen-bond donors (Lipinski definition) is 2. The Balaban J connectivity index is 0.00000242. The molecular weight excluding hydrogens is 306 g/mol. The van der Waals surface area contributed by atoms with Gasteiger partial charge in [-0.15, -0.1) is 12.4 Å². The molecule has 6 nitrogen and oxygen atoms in total. The molecule has 0 spiro atoms. The Hall–Kier alpha value is -1.66. The quantitative estimate of drug-likeness (QED) is 0.640. The molecule has 1 aliphatic heterocycles. The van der Waals surface area contributed by atoms with E-state index in [1.165, 1.54) is 12.1 Å². The first-order chi connectivity index (χ1) is 10.1. The molecular formula is C15H22ClN3O3. The van der Waals surface area contributed by atoms with Gasteiger partial charge in [-0.3, -0.25) is 14.9 Å². The predicted molar refractivity (Wildman–Crippen MR) is 87.2 cm³/mol. The number of carbonyl (C=O) groups is 1. The van der Waals surface area contributed by atoms with E-state index in [0.29, 0.717) is 5.92 Å². The van der Waals surface area contributed by atoms with Crippen molar-refractivity contribution < 1.29 is 9.72 Å². The molecule has 22 heavy (non-hydrogen) atoms. The number of hydrogen-bond acceptors (Lipinski definition) is 4. The van der Waals surface area contributed by atoms with Gasteiger partial charge in [0.15, 0.2) is 0 Å². The summed E-state index contributed by atoms with van der Waals surface area (Å²) in [5, 5.41) is 16.9. The minimum absolute atomic E-state index is 0. The highest BCUT2D eigenvalue weighted by Gasteiger charge is 2.21. The number of nitro benzene ring substituents is 1. The van der Waals surface area contributed by atoms with Gasteiger partial charge in [-0.2, -0.15) is 0 Å². The third-order valence-electron chi connectivity index (χ3n) is 3.94. The molecule has 0 saturated carbocycles. The standard InChI is InChI=1S/C15H21N3O3.ClH/c1-11(13-3-2-8-16-10-13)17-15(19)9-12-4-6-14(7-5-12)18(20)21;/h4-7,11,13,16H,2-3,8-10H2,1H3,(H,17,19);1H. The first kappa shape index (κ1) is 18.4. The van der Waals surface area contributed by atoms with Crippen LogP contribution in [0.15, 0.2) is 24.3 Å². The summed E-state index contributed by atoms with van der Waals surface area (Å²) in [5.41, 5.74) is 0.827. The summed E-state index contributed by atoms with van der Waals surface area (Å²) in [4.78, 5) is 22.2. The van der Waals surface area contributed by atoms with Crippen molar-refractivity contribution in [1.82, 2.24) is 10.6 Å². The Bertz CT molecular complexity index is 501. The highest BCUT2D eigenvalue weighted by molar-refractivity contribution is 5.85. The zero-order valence-corrected chi connectivity index (χ0v) is 13.4. The fourth-order valence-corrected chi connectivity index (χ4v) is 2.65. The maximum Gasteiger partial charge on any atom is 0.269 e. The second-order valence-corrected chi connectivity index (χ2v) is 5.56. The van der Waals surface area contributed by atoms with Crippen LogP contribution in [0.2, 0.25) is 0 Å². The molecule has 2 atom stereocenters. The number of rotatable bonds is 5. The van der Waals surface area contributed by atoms with E-state index >= 15 is 0 Å². The van der Waals surface area contributed by atoms with Gasteiger partial charge in [-0.25, -0.2) is 0 Å². The van der Waals surface area contributed by atoms with Crippen LogP contribution in [0, 0.1) is 16.0 Å². The smallest absolute Gasteiger partial charge is 0.269 e. The van der Waals surface area contributed by atoms with E-state index in [0.717, 1.165) is 31.5 Å². The van der Waals surface area contributed by atoms with E-state index in [1.807, 2.05) is 6.92 Å². The predicted octanol–water partition coefficient (Wildman–Crippen LogP) is 2.06. The first-order valence-electron chi connectivity index (χ1n) is 7.29. The Morgan fingerprint density at radius 1 is 1.45 bits per heavy atom. The van der Waals surface area contributed by atoms with E-state index in [2.05, 4.69) is 10.6 Å². The van der Waals surface area contributed by atoms with Crippen molar-refractivity contribution in [3.8, 4) is 0 Å². The highest BCUT2D eigenvalue weighted by Crippen LogP contribution is 2.15. The molecule has 1 aromatic carbocycles. The highest BCUT2D eigenvalue weighted by atomic mass is 35.5. The van der Waals surface area contributed by atoms with Crippen molar-refractivity contribution in [2.75, 3.05) is 13.1 Å². The summed E-state index contributed by atoms with van der Waals surface area (Å²) in [6, 6.07) is 6.26. The van der Waals surface area contributed by atoms with E-state index in [1.54, 1.807) is 12.1 Å². The van der Waals surface area contributed by atoms with Gasteiger partial charge < -0.3 is 10.6 Å². The summed E-state index contributed by atoms with van der Waals surface area (Å²) < 4.78 is 0. The molecule has 0 aliphatic carbocycles. The van der Waals surface area contributed by atoms with Crippen LogP contribution >= 0.6 is 12.4 Å². The second kappa shape index (κ2) is 8.70. The van der Waals surface area contributed by atoms with Crippen molar-refractivity contribution >= 4 is 24.0 Å². The minimum atomic E-state index is -0.442. The number of amides is 1. The Morgan fingerprint density at radius 3 is 2.68 bits per heavy atom. The van der Waals surface area contributed by atoms with Gasteiger partial charge in [0.25, 0.3) is 5.69 Å². The number of halogens is 1. The summed E-state index contributed by atoms with van der Waals surface area (Å²) in [7, 11) is 0. The largest absolute Gasteiger partial charge is 0.353 e. The number of benzene rings is 1. The van der Waals surface area contributed by atoms with Crippen molar-refractivity contribution in [2.24, 2.45) is 5.92 Å². The van der Waals surface area contributed by atoms with Crippen LogP contribution in [0.1, 0.15) is 25.3 Å².